The zero-order chi connectivity index (χ0) is 17.7. The standard InChI is InChI=1S/C17H22O.C2H6.CH2O2/c1-17(2,3)12-7-13-18-16-11-6-9-14-8-4-5-10-15(14)16;1-2;2-1-3/h4-6,8-11H,7,12-13H2,1-3H3;1-2H3;1H,(H,2,3). The molecule has 0 aliphatic heterocycles. The van der Waals surface area contributed by atoms with Gasteiger partial charge in [0.2, 0.25) is 0 Å². The summed E-state index contributed by atoms with van der Waals surface area (Å²) in [5, 5.41) is 9.33. The van der Waals surface area contributed by atoms with Crippen LogP contribution in [0.5, 0.6) is 5.75 Å². The Morgan fingerprint density at radius 3 is 2.22 bits per heavy atom. The third kappa shape index (κ3) is 8.87. The van der Waals surface area contributed by atoms with E-state index < -0.39 is 0 Å². The number of fused-ring (bicyclic) bond motifs is 1. The second-order valence-corrected chi connectivity index (χ2v) is 6.10. The lowest BCUT2D eigenvalue weighted by atomic mass is 9.91. The molecule has 0 spiro atoms. The molecule has 0 amide bonds. The average molecular weight is 318 g/mol. The summed E-state index contributed by atoms with van der Waals surface area (Å²) in [6.45, 7) is 11.4. The van der Waals surface area contributed by atoms with Gasteiger partial charge in [-0.2, -0.15) is 0 Å². The van der Waals surface area contributed by atoms with Crippen molar-refractivity contribution in [2.75, 3.05) is 6.61 Å². The summed E-state index contributed by atoms with van der Waals surface area (Å²) in [6.07, 6.45) is 2.30. The fourth-order valence-electron chi connectivity index (χ4n) is 2.11. The van der Waals surface area contributed by atoms with Crippen LogP contribution in [0.15, 0.2) is 42.5 Å². The normalized spacial score (nSPS) is 9.96. The molecule has 3 heteroatoms. The van der Waals surface area contributed by atoms with Crippen molar-refractivity contribution in [3.8, 4) is 5.75 Å². The van der Waals surface area contributed by atoms with E-state index in [-0.39, 0.29) is 6.47 Å². The fraction of sp³-hybridized carbons (Fsp3) is 0.450. The lowest BCUT2D eigenvalue weighted by Crippen LogP contribution is -2.08. The van der Waals surface area contributed by atoms with Gasteiger partial charge in [0.15, 0.2) is 0 Å². The first-order valence-corrected chi connectivity index (χ1v) is 8.16. The Kier molecular flexibility index (Phi) is 10.5. The molecule has 0 atom stereocenters. The minimum Gasteiger partial charge on any atom is -0.493 e. The van der Waals surface area contributed by atoms with Crippen LogP contribution in [0, 0.1) is 5.41 Å². The molecule has 0 radical (unpaired) electrons. The summed E-state index contributed by atoms with van der Waals surface area (Å²) in [7, 11) is 0. The van der Waals surface area contributed by atoms with Crippen LogP contribution in [0.1, 0.15) is 47.5 Å². The Hall–Kier alpha value is -2.03. The maximum atomic E-state index is 8.36. The van der Waals surface area contributed by atoms with Gasteiger partial charge in [0.05, 0.1) is 6.61 Å². The van der Waals surface area contributed by atoms with Gasteiger partial charge >= 0.3 is 0 Å². The quantitative estimate of drug-likeness (QED) is 0.575. The first-order chi connectivity index (χ1) is 11.0. The van der Waals surface area contributed by atoms with Crippen molar-refractivity contribution in [2.45, 2.75) is 47.5 Å². The maximum Gasteiger partial charge on any atom is 0.290 e. The lowest BCUT2D eigenvalue weighted by Gasteiger charge is -2.18. The van der Waals surface area contributed by atoms with Crippen molar-refractivity contribution in [1.29, 1.82) is 0 Å². The molecule has 0 saturated carbocycles. The smallest absolute Gasteiger partial charge is 0.290 e. The van der Waals surface area contributed by atoms with Crippen LogP contribution in [0.25, 0.3) is 10.8 Å². The highest BCUT2D eigenvalue weighted by Crippen LogP contribution is 2.26. The van der Waals surface area contributed by atoms with Crippen LogP contribution < -0.4 is 4.74 Å². The summed E-state index contributed by atoms with van der Waals surface area (Å²) in [4.78, 5) is 8.36. The predicted octanol–water partition coefficient (Wildman–Crippen LogP) is 5.77. The minimum absolute atomic E-state index is 0.250. The topological polar surface area (TPSA) is 46.5 Å². The molecule has 0 aromatic heterocycles. The van der Waals surface area contributed by atoms with Gasteiger partial charge in [-0.05, 0) is 29.7 Å². The van der Waals surface area contributed by atoms with Gasteiger partial charge in [-0.25, -0.2) is 0 Å². The molecular weight excluding hydrogens is 288 g/mol. The number of carbonyl (C=O) groups is 1. The Morgan fingerprint density at radius 2 is 1.61 bits per heavy atom. The van der Waals surface area contributed by atoms with Crippen LogP contribution in [-0.4, -0.2) is 18.2 Å². The van der Waals surface area contributed by atoms with Gasteiger partial charge < -0.3 is 9.84 Å². The third-order valence-corrected chi connectivity index (χ3v) is 3.08. The van der Waals surface area contributed by atoms with E-state index in [2.05, 4.69) is 63.2 Å². The van der Waals surface area contributed by atoms with Gasteiger partial charge in [-0.1, -0.05) is 71.0 Å². The van der Waals surface area contributed by atoms with Crippen LogP contribution in [-0.2, 0) is 4.79 Å². The summed E-state index contributed by atoms with van der Waals surface area (Å²) < 4.78 is 5.91. The highest BCUT2D eigenvalue weighted by atomic mass is 16.5. The van der Waals surface area contributed by atoms with Gasteiger partial charge in [0.25, 0.3) is 6.47 Å². The zero-order valence-corrected chi connectivity index (χ0v) is 15.0. The van der Waals surface area contributed by atoms with Crippen molar-refractivity contribution in [3.05, 3.63) is 42.5 Å². The molecule has 0 fully saturated rings. The predicted molar refractivity (Wildman–Crippen MR) is 98.2 cm³/mol. The highest BCUT2D eigenvalue weighted by molar-refractivity contribution is 5.88. The van der Waals surface area contributed by atoms with E-state index in [0.29, 0.717) is 5.41 Å². The SMILES string of the molecule is CC.CC(C)(C)CCCOc1cccc2ccccc12.O=CO. The number of benzene rings is 2. The fourth-order valence-corrected chi connectivity index (χ4v) is 2.11. The first-order valence-electron chi connectivity index (χ1n) is 8.16. The lowest BCUT2D eigenvalue weighted by molar-refractivity contribution is -0.122. The molecule has 2 aromatic carbocycles. The van der Waals surface area contributed by atoms with Crippen molar-refractivity contribution >= 4 is 17.2 Å². The van der Waals surface area contributed by atoms with Gasteiger partial charge in [-0.15, -0.1) is 0 Å². The van der Waals surface area contributed by atoms with E-state index in [1.54, 1.807) is 0 Å². The molecule has 0 unspecified atom stereocenters. The monoisotopic (exact) mass is 318 g/mol. The van der Waals surface area contributed by atoms with E-state index >= 15 is 0 Å². The second-order valence-electron chi connectivity index (χ2n) is 6.10. The molecule has 23 heavy (non-hydrogen) atoms. The van der Waals surface area contributed by atoms with Crippen LogP contribution >= 0.6 is 0 Å². The van der Waals surface area contributed by atoms with E-state index in [1.165, 1.54) is 17.2 Å². The Balaban J connectivity index is 0.000000868. The number of hydrogen-bond donors (Lipinski definition) is 1. The van der Waals surface area contributed by atoms with Crippen LogP contribution in [0.2, 0.25) is 0 Å². The van der Waals surface area contributed by atoms with E-state index in [9.17, 15) is 0 Å². The van der Waals surface area contributed by atoms with Crippen molar-refractivity contribution in [2.24, 2.45) is 5.41 Å². The number of hydrogen-bond acceptors (Lipinski definition) is 2. The molecule has 0 saturated heterocycles. The van der Waals surface area contributed by atoms with Gasteiger partial charge in [-0.3, -0.25) is 4.79 Å². The summed E-state index contributed by atoms with van der Waals surface area (Å²) in [5.41, 5.74) is 0.391. The molecule has 0 aliphatic rings. The second kappa shape index (κ2) is 11.5. The molecule has 2 rings (SSSR count). The summed E-state index contributed by atoms with van der Waals surface area (Å²) in [6, 6.07) is 14.6. The Bertz CT molecular complexity index is 551. The van der Waals surface area contributed by atoms with E-state index in [1.807, 2.05) is 13.8 Å². The molecule has 0 aliphatic carbocycles. The largest absolute Gasteiger partial charge is 0.493 e. The van der Waals surface area contributed by atoms with Crippen molar-refractivity contribution < 1.29 is 14.6 Å². The molecule has 3 nitrogen and oxygen atoms in total. The zero-order valence-electron chi connectivity index (χ0n) is 15.0. The molecule has 0 heterocycles. The number of ether oxygens (including phenoxy) is 1. The minimum atomic E-state index is -0.250. The van der Waals surface area contributed by atoms with Gasteiger partial charge in [0, 0.05) is 5.39 Å². The van der Waals surface area contributed by atoms with E-state index in [4.69, 9.17) is 14.6 Å². The summed E-state index contributed by atoms with van der Waals surface area (Å²) >= 11 is 0. The molecule has 2 aromatic rings. The molecule has 0 bridgehead atoms. The van der Waals surface area contributed by atoms with E-state index in [0.717, 1.165) is 18.8 Å². The molecular formula is C20H30O3. The van der Waals surface area contributed by atoms with Crippen LogP contribution in [0.4, 0.5) is 0 Å². The average Bonchev–Trinajstić information content (AvgIpc) is 2.53. The van der Waals surface area contributed by atoms with Crippen LogP contribution in [0.3, 0.4) is 0 Å². The molecule has 128 valence electrons. The van der Waals surface area contributed by atoms with Crippen molar-refractivity contribution in [1.82, 2.24) is 0 Å². The third-order valence-electron chi connectivity index (χ3n) is 3.08. The highest BCUT2D eigenvalue weighted by Gasteiger charge is 2.09. The molecule has 1 N–H and O–H groups in total. The summed E-state index contributed by atoms with van der Waals surface area (Å²) in [5.74, 6) is 1.00. The number of rotatable bonds is 4. The van der Waals surface area contributed by atoms with Gasteiger partial charge in [0.1, 0.15) is 5.75 Å². The first kappa shape index (κ1) is 21.0. The Labute approximate surface area is 140 Å². The van der Waals surface area contributed by atoms with Crippen molar-refractivity contribution in [3.63, 3.8) is 0 Å². The maximum absolute atomic E-state index is 8.36. The number of carboxylic acid groups (broad SMARTS) is 1. The Morgan fingerprint density at radius 1 is 1.04 bits per heavy atom.